The molecule has 0 amide bonds. The maximum absolute atomic E-state index is 12.6. The third kappa shape index (κ3) is 6.58. The molecule has 2 unspecified atom stereocenters. The monoisotopic (exact) mass is 440 g/mol. The maximum Gasteiger partial charge on any atom is 0.316 e. The zero-order valence-electron chi connectivity index (χ0n) is 18.9. The molecule has 3 rings (SSSR count). The van der Waals surface area contributed by atoms with Crippen molar-refractivity contribution in [2.75, 3.05) is 52.5 Å². The summed E-state index contributed by atoms with van der Waals surface area (Å²) in [5.74, 6) is -1.32. The van der Waals surface area contributed by atoms with Gasteiger partial charge in [0.15, 0.2) is 0 Å². The lowest BCUT2D eigenvalue weighted by atomic mass is 10.0. The van der Waals surface area contributed by atoms with Gasteiger partial charge in [-0.05, 0) is 38.1 Å². The van der Waals surface area contributed by atoms with E-state index < -0.39 is 11.8 Å². The molecule has 1 aliphatic rings. The maximum atomic E-state index is 12.6. The molecule has 2 aromatic heterocycles. The number of piperazine rings is 1. The van der Waals surface area contributed by atoms with Gasteiger partial charge in [0.25, 0.3) is 0 Å². The first-order valence-corrected chi connectivity index (χ1v) is 11.2. The molecule has 0 spiro atoms. The van der Waals surface area contributed by atoms with Crippen LogP contribution >= 0.6 is 0 Å². The standard InChI is InChI=1S/C24H32N4O4/c1-3-31-23(29)19(21-9-5-7-11-25-21)17-27-13-15-28(16-14-27)18-20(24(30)32-4-2)22-10-6-8-12-26-22/h5-12,19-20H,3-4,13-18H2,1-2H3. The minimum Gasteiger partial charge on any atom is -0.465 e. The highest BCUT2D eigenvalue weighted by atomic mass is 16.5. The van der Waals surface area contributed by atoms with Crippen molar-refractivity contribution in [3.05, 3.63) is 60.2 Å². The first kappa shape index (κ1) is 23.8. The average molecular weight is 441 g/mol. The van der Waals surface area contributed by atoms with Crippen molar-refractivity contribution < 1.29 is 19.1 Å². The lowest BCUT2D eigenvalue weighted by molar-refractivity contribution is -0.147. The Morgan fingerprint density at radius 1 is 0.781 bits per heavy atom. The summed E-state index contributed by atoms with van der Waals surface area (Å²) in [5, 5.41) is 0. The number of hydrogen-bond donors (Lipinski definition) is 0. The topological polar surface area (TPSA) is 84.9 Å². The molecule has 1 aliphatic heterocycles. The molecule has 0 saturated carbocycles. The van der Waals surface area contributed by atoms with Crippen LogP contribution < -0.4 is 0 Å². The number of hydrogen-bond acceptors (Lipinski definition) is 8. The lowest BCUT2D eigenvalue weighted by Gasteiger charge is -2.37. The van der Waals surface area contributed by atoms with Crippen molar-refractivity contribution in [2.45, 2.75) is 25.7 Å². The number of nitrogens with zero attached hydrogens (tertiary/aromatic N) is 4. The predicted molar refractivity (Wildman–Crippen MR) is 120 cm³/mol. The van der Waals surface area contributed by atoms with Gasteiger partial charge in [-0.3, -0.25) is 29.4 Å². The fourth-order valence-electron chi connectivity index (χ4n) is 3.90. The Bertz CT molecular complexity index is 770. The van der Waals surface area contributed by atoms with Gasteiger partial charge in [0.2, 0.25) is 0 Å². The third-order valence-corrected chi connectivity index (χ3v) is 5.58. The summed E-state index contributed by atoms with van der Waals surface area (Å²) in [6, 6.07) is 11.2. The number of aromatic nitrogens is 2. The second-order valence-corrected chi connectivity index (χ2v) is 7.72. The quantitative estimate of drug-likeness (QED) is 0.519. The third-order valence-electron chi connectivity index (χ3n) is 5.58. The molecule has 172 valence electrons. The van der Waals surface area contributed by atoms with Gasteiger partial charge >= 0.3 is 11.9 Å². The Hall–Kier alpha value is -2.84. The Morgan fingerprint density at radius 3 is 1.50 bits per heavy atom. The highest BCUT2D eigenvalue weighted by molar-refractivity contribution is 5.78. The minimum absolute atomic E-state index is 0.244. The van der Waals surface area contributed by atoms with Crippen molar-refractivity contribution in [1.29, 1.82) is 0 Å². The smallest absolute Gasteiger partial charge is 0.316 e. The second kappa shape index (κ2) is 12.3. The van der Waals surface area contributed by atoms with Gasteiger partial charge < -0.3 is 9.47 Å². The van der Waals surface area contributed by atoms with Crippen LogP contribution in [0.15, 0.2) is 48.8 Å². The first-order chi connectivity index (χ1) is 15.6. The molecule has 8 heteroatoms. The molecule has 0 aromatic carbocycles. The van der Waals surface area contributed by atoms with Crippen LogP contribution in [-0.2, 0) is 19.1 Å². The molecule has 0 aliphatic carbocycles. The number of ether oxygens (including phenoxy) is 2. The van der Waals surface area contributed by atoms with Gasteiger partial charge in [0.05, 0.1) is 24.6 Å². The summed E-state index contributed by atoms with van der Waals surface area (Å²) in [7, 11) is 0. The van der Waals surface area contributed by atoms with E-state index in [9.17, 15) is 9.59 Å². The zero-order chi connectivity index (χ0) is 22.8. The molecule has 0 bridgehead atoms. The van der Waals surface area contributed by atoms with Gasteiger partial charge in [-0.1, -0.05) is 12.1 Å². The largest absolute Gasteiger partial charge is 0.465 e. The summed E-state index contributed by atoms with van der Waals surface area (Å²) < 4.78 is 10.6. The highest BCUT2D eigenvalue weighted by Crippen LogP contribution is 2.21. The molecule has 2 atom stereocenters. The number of pyridine rings is 2. The van der Waals surface area contributed by atoms with Crippen molar-refractivity contribution in [2.24, 2.45) is 0 Å². The van der Waals surface area contributed by atoms with E-state index in [4.69, 9.17) is 9.47 Å². The normalized spacial score (nSPS) is 16.8. The SMILES string of the molecule is CCOC(=O)C(CN1CCN(CC(C(=O)OCC)c2ccccn2)CC1)c1ccccn1. The van der Waals surface area contributed by atoms with Crippen molar-refractivity contribution in [3.63, 3.8) is 0 Å². The highest BCUT2D eigenvalue weighted by Gasteiger charge is 2.30. The van der Waals surface area contributed by atoms with Gasteiger partial charge in [0, 0.05) is 51.7 Å². The van der Waals surface area contributed by atoms with Gasteiger partial charge in [-0.25, -0.2) is 0 Å². The molecule has 1 saturated heterocycles. The fourth-order valence-corrected chi connectivity index (χ4v) is 3.90. The van der Waals surface area contributed by atoms with E-state index in [0.29, 0.717) is 26.3 Å². The van der Waals surface area contributed by atoms with E-state index in [0.717, 1.165) is 37.6 Å². The Balaban J connectivity index is 1.60. The van der Waals surface area contributed by atoms with Gasteiger partial charge in [-0.2, -0.15) is 0 Å². The van der Waals surface area contributed by atoms with E-state index in [-0.39, 0.29) is 11.9 Å². The van der Waals surface area contributed by atoms with Gasteiger partial charge in [-0.15, -0.1) is 0 Å². The van der Waals surface area contributed by atoms with Crippen molar-refractivity contribution >= 4 is 11.9 Å². The van der Waals surface area contributed by atoms with Crippen molar-refractivity contribution in [1.82, 2.24) is 19.8 Å². The Labute approximate surface area is 189 Å². The number of carbonyl (C=O) groups is 2. The molecule has 8 nitrogen and oxygen atoms in total. The van der Waals surface area contributed by atoms with Crippen LogP contribution in [0.4, 0.5) is 0 Å². The molecule has 1 fully saturated rings. The Kier molecular flexibility index (Phi) is 9.13. The van der Waals surface area contributed by atoms with Crippen LogP contribution in [0, 0.1) is 0 Å². The molecule has 3 heterocycles. The molecular formula is C24H32N4O4. The van der Waals surface area contributed by atoms with Crippen LogP contribution in [0.3, 0.4) is 0 Å². The molecular weight excluding hydrogens is 408 g/mol. The van der Waals surface area contributed by atoms with Crippen LogP contribution in [0.5, 0.6) is 0 Å². The summed E-state index contributed by atoms with van der Waals surface area (Å²) in [4.78, 5) is 38.4. The summed E-state index contributed by atoms with van der Waals surface area (Å²) in [6.45, 7) is 8.61. The summed E-state index contributed by atoms with van der Waals surface area (Å²) in [5.41, 5.74) is 1.46. The number of carbonyl (C=O) groups excluding carboxylic acids is 2. The van der Waals surface area contributed by atoms with E-state index in [2.05, 4.69) is 19.8 Å². The Morgan fingerprint density at radius 2 is 1.19 bits per heavy atom. The van der Waals surface area contributed by atoms with E-state index >= 15 is 0 Å². The van der Waals surface area contributed by atoms with E-state index in [1.807, 2.05) is 50.2 Å². The van der Waals surface area contributed by atoms with Crippen LogP contribution in [0.2, 0.25) is 0 Å². The first-order valence-electron chi connectivity index (χ1n) is 11.2. The lowest BCUT2D eigenvalue weighted by Crippen LogP contribution is -2.49. The molecule has 0 N–H and O–H groups in total. The van der Waals surface area contributed by atoms with Crippen molar-refractivity contribution in [3.8, 4) is 0 Å². The van der Waals surface area contributed by atoms with Gasteiger partial charge in [0.1, 0.15) is 11.8 Å². The fraction of sp³-hybridized carbons (Fsp3) is 0.500. The second-order valence-electron chi connectivity index (χ2n) is 7.72. The molecule has 32 heavy (non-hydrogen) atoms. The number of rotatable bonds is 10. The molecule has 2 aromatic rings. The van der Waals surface area contributed by atoms with Crippen LogP contribution in [-0.4, -0.2) is 84.2 Å². The van der Waals surface area contributed by atoms with Crippen LogP contribution in [0.25, 0.3) is 0 Å². The van der Waals surface area contributed by atoms with E-state index in [1.54, 1.807) is 12.4 Å². The minimum atomic E-state index is -0.413. The average Bonchev–Trinajstić information content (AvgIpc) is 2.83. The summed E-state index contributed by atoms with van der Waals surface area (Å²) in [6.07, 6.45) is 3.40. The zero-order valence-corrected chi connectivity index (χ0v) is 18.9. The predicted octanol–water partition coefficient (Wildman–Crippen LogP) is 2.09. The summed E-state index contributed by atoms with van der Waals surface area (Å²) >= 11 is 0. The number of esters is 2. The van der Waals surface area contributed by atoms with E-state index in [1.165, 1.54) is 0 Å². The molecule has 0 radical (unpaired) electrons. The van der Waals surface area contributed by atoms with Crippen LogP contribution in [0.1, 0.15) is 37.1 Å².